The summed E-state index contributed by atoms with van der Waals surface area (Å²) < 4.78 is 1.72. The van der Waals surface area contributed by atoms with E-state index in [4.69, 9.17) is 0 Å². The van der Waals surface area contributed by atoms with Crippen LogP contribution in [-0.4, -0.2) is 37.8 Å². The molecule has 0 radical (unpaired) electrons. The summed E-state index contributed by atoms with van der Waals surface area (Å²) in [5, 5.41) is 16.9. The van der Waals surface area contributed by atoms with E-state index < -0.39 is 17.9 Å². The lowest BCUT2D eigenvalue weighted by Gasteiger charge is -2.18. The van der Waals surface area contributed by atoms with Gasteiger partial charge in [0.15, 0.2) is 5.65 Å². The van der Waals surface area contributed by atoms with E-state index in [0.717, 1.165) is 5.56 Å². The lowest BCUT2D eigenvalue weighted by atomic mass is 10.0. The van der Waals surface area contributed by atoms with Gasteiger partial charge in [0.2, 0.25) is 0 Å². The van der Waals surface area contributed by atoms with Gasteiger partial charge < -0.3 is 10.4 Å². The van der Waals surface area contributed by atoms with E-state index in [1.807, 2.05) is 37.3 Å². The van der Waals surface area contributed by atoms with Crippen molar-refractivity contribution in [2.75, 3.05) is 0 Å². The molecule has 1 aromatic carbocycles. The highest BCUT2D eigenvalue weighted by Crippen LogP contribution is 2.25. The smallest absolute Gasteiger partial charge is 0.326 e. The molecule has 3 aromatic rings. The van der Waals surface area contributed by atoms with Crippen LogP contribution in [0.15, 0.2) is 42.6 Å². The normalized spacial score (nSPS) is 12.3. The fraction of sp³-hybridized carbons (Fsp3) is 0.300. The first-order valence-electron chi connectivity index (χ1n) is 8.88. The number of aliphatic carboxylic acids is 1. The Morgan fingerprint density at radius 3 is 2.52 bits per heavy atom. The number of fused-ring (bicyclic) bond motifs is 1. The minimum atomic E-state index is -1.06. The minimum absolute atomic E-state index is 0.240. The van der Waals surface area contributed by atoms with E-state index in [-0.39, 0.29) is 5.92 Å². The van der Waals surface area contributed by atoms with Gasteiger partial charge in [0.05, 0.1) is 22.8 Å². The third-order valence-corrected chi connectivity index (χ3v) is 4.44. The highest BCUT2D eigenvalue weighted by molar-refractivity contribution is 6.07. The predicted molar refractivity (Wildman–Crippen MR) is 102 cm³/mol. The Morgan fingerprint density at radius 1 is 1.22 bits per heavy atom. The van der Waals surface area contributed by atoms with E-state index in [1.54, 1.807) is 30.8 Å². The largest absolute Gasteiger partial charge is 0.480 e. The number of benzene rings is 1. The molecule has 0 saturated heterocycles. The number of rotatable bonds is 6. The molecule has 1 amide bonds. The van der Waals surface area contributed by atoms with Gasteiger partial charge in [-0.05, 0) is 18.9 Å². The number of amides is 1. The monoisotopic (exact) mass is 366 g/mol. The van der Waals surface area contributed by atoms with Gasteiger partial charge in [-0.25, -0.2) is 14.5 Å². The van der Waals surface area contributed by atoms with Crippen molar-refractivity contribution >= 4 is 22.9 Å². The van der Waals surface area contributed by atoms with Crippen LogP contribution < -0.4 is 5.32 Å². The van der Waals surface area contributed by atoms with Crippen LogP contribution in [-0.2, 0) is 11.3 Å². The van der Waals surface area contributed by atoms with Crippen LogP contribution in [0.3, 0.4) is 0 Å². The Morgan fingerprint density at radius 2 is 1.93 bits per heavy atom. The number of aryl methyl sites for hydroxylation is 1. The van der Waals surface area contributed by atoms with Crippen molar-refractivity contribution in [2.45, 2.75) is 33.4 Å². The molecule has 0 aliphatic carbocycles. The van der Waals surface area contributed by atoms with Crippen LogP contribution in [0.25, 0.3) is 22.3 Å². The zero-order valence-corrected chi connectivity index (χ0v) is 15.5. The van der Waals surface area contributed by atoms with Crippen molar-refractivity contribution < 1.29 is 14.7 Å². The highest BCUT2D eigenvalue weighted by atomic mass is 16.4. The topological polar surface area (TPSA) is 97.1 Å². The first-order valence-corrected chi connectivity index (χ1v) is 8.88. The molecule has 0 unspecified atom stereocenters. The van der Waals surface area contributed by atoms with E-state index in [0.29, 0.717) is 28.8 Å². The summed E-state index contributed by atoms with van der Waals surface area (Å²) in [6.07, 6.45) is 1.60. The van der Waals surface area contributed by atoms with Crippen molar-refractivity contribution in [1.82, 2.24) is 20.1 Å². The maximum absolute atomic E-state index is 12.9. The number of carboxylic acids is 1. The average Bonchev–Trinajstić information content (AvgIpc) is 3.08. The fourth-order valence-corrected chi connectivity index (χ4v) is 2.96. The second kappa shape index (κ2) is 7.57. The number of nitrogens with one attached hydrogen (secondary N) is 1. The van der Waals surface area contributed by atoms with Gasteiger partial charge in [-0.15, -0.1) is 0 Å². The first-order chi connectivity index (χ1) is 12.9. The molecular weight excluding hydrogens is 344 g/mol. The minimum Gasteiger partial charge on any atom is -0.480 e. The van der Waals surface area contributed by atoms with E-state index in [2.05, 4.69) is 15.4 Å². The summed E-state index contributed by atoms with van der Waals surface area (Å²) in [5.74, 6) is -1.75. The van der Waals surface area contributed by atoms with E-state index >= 15 is 0 Å². The fourth-order valence-electron chi connectivity index (χ4n) is 2.96. The number of hydrogen-bond donors (Lipinski definition) is 2. The predicted octanol–water partition coefficient (Wildman–Crippen LogP) is 2.96. The van der Waals surface area contributed by atoms with Crippen molar-refractivity contribution in [2.24, 2.45) is 5.92 Å². The number of pyridine rings is 1. The molecule has 140 valence electrons. The molecule has 1 atom stereocenters. The van der Waals surface area contributed by atoms with Gasteiger partial charge >= 0.3 is 5.97 Å². The maximum Gasteiger partial charge on any atom is 0.326 e. The summed E-state index contributed by atoms with van der Waals surface area (Å²) in [4.78, 5) is 29.1. The van der Waals surface area contributed by atoms with Gasteiger partial charge in [0, 0.05) is 12.1 Å². The Labute approximate surface area is 157 Å². The zero-order chi connectivity index (χ0) is 19.6. The van der Waals surface area contributed by atoms with Crippen LogP contribution in [0.1, 0.15) is 31.1 Å². The molecule has 0 saturated carbocycles. The maximum atomic E-state index is 12.9. The van der Waals surface area contributed by atoms with E-state index in [9.17, 15) is 14.7 Å². The second-order valence-corrected chi connectivity index (χ2v) is 6.65. The average molecular weight is 366 g/mol. The third kappa shape index (κ3) is 3.67. The highest BCUT2D eigenvalue weighted by Gasteiger charge is 2.26. The molecule has 0 aliphatic heterocycles. The third-order valence-electron chi connectivity index (χ3n) is 4.44. The van der Waals surface area contributed by atoms with Crippen LogP contribution in [0.5, 0.6) is 0 Å². The van der Waals surface area contributed by atoms with Crippen LogP contribution in [0.2, 0.25) is 0 Å². The van der Waals surface area contributed by atoms with Crippen molar-refractivity contribution in [1.29, 1.82) is 0 Å². The summed E-state index contributed by atoms with van der Waals surface area (Å²) in [7, 11) is 0. The summed E-state index contributed by atoms with van der Waals surface area (Å²) in [6, 6.07) is 10.3. The van der Waals surface area contributed by atoms with Crippen LogP contribution in [0, 0.1) is 5.92 Å². The molecule has 27 heavy (non-hydrogen) atoms. The number of carbonyl (C=O) groups excluding carboxylic acids is 1. The Hall–Kier alpha value is -3.22. The number of carboxylic acid groups (broad SMARTS) is 1. The van der Waals surface area contributed by atoms with Crippen molar-refractivity contribution in [3.63, 3.8) is 0 Å². The van der Waals surface area contributed by atoms with Crippen LogP contribution >= 0.6 is 0 Å². The lowest BCUT2D eigenvalue weighted by molar-refractivity contribution is -0.140. The lowest BCUT2D eigenvalue weighted by Crippen LogP contribution is -2.44. The molecule has 3 rings (SSSR count). The van der Waals surface area contributed by atoms with Gasteiger partial charge in [-0.1, -0.05) is 44.2 Å². The molecule has 2 N–H and O–H groups in total. The number of nitrogens with zero attached hydrogens (tertiary/aromatic N) is 3. The molecule has 0 spiro atoms. The molecule has 2 aromatic heterocycles. The second-order valence-electron chi connectivity index (χ2n) is 6.65. The summed E-state index contributed by atoms with van der Waals surface area (Å²) in [6.45, 7) is 6.07. The SMILES string of the molecule is CCn1ncc2c(C(=O)N[C@H](C(=O)O)C(C)C)cc(-c3ccccc3)nc21. The number of hydrogen-bond acceptors (Lipinski definition) is 4. The van der Waals surface area contributed by atoms with Gasteiger partial charge in [-0.3, -0.25) is 4.79 Å². The molecule has 0 bridgehead atoms. The number of aromatic nitrogens is 3. The molecule has 0 fully saturated rings. The standard InChI is InChI=1S/C20H22N4O3/c1-4-24-18-15(11-21-24)14(19(25)23-17(12(2)3)20(26)27)10-16(22-18)13-8-6-5-7-9-13/h5-12,17H,4H2,1-3H3,(H,23,25)(H,26,27)/t17-/m0/s1. The molecule has 2 heterocycles. The summed E-state index contributed by atoms with van der Waals surface area (Å²) in [5.41, 5.74) is 2.47. The van der Waals surface area contributed by atoms with Crippen molar-refractivity contribution in [3.05, 3.63) is 48.2 Å². The molecule has 7 nitrogen and oxygen atoms in total. The van der Waals surface area contributed by atoms with Gasteiger partial charge in [-0.2, -0.15) is 5.10 Å². The van der Waals surface area contributed by atoms with Crippen molar-refractivity contribution in [3.8, 4) is 11.3 Å². The Bertz CT molecular complexity index is 980. The molecular formula is C20H22N4O3. The van der Waals surface area contributed by atoms with E-state index in [1.165, 1.54) is 0 Å². The van der Waals surface area contributed by atoms with Gasteiger partial charge in [0.1, 0.15) is 6.04 Å². The summed E-state index contributed by atoms with van der Waals surface area (Å²) >= 11 is 0. The quantitative estimate of drug-likeness (QED) is 0.699. The zero-order valence-electron chi connectivity index (χ0n) is 15.5. The Balaban J connectivity index is 2.12. The van der Waals surface area contributed by atoms with Crippen LogP contribution in [0.4, 0.5) is 0 Å². The van der Waals surface area contributed by atoms with Gasteiger partial charge in [0.25, 0.3) is 5.91 Å². The molecule has 0 aliphatic rings. The Kier molecular flexibility index (Phi) is 5.21. The number of carbonyl (C=O) groups is 2. The molecule has 7 heteroatoms. The first kappa shape index (κ1) is 18.6.